The lowest BCUT2D eigenvalue weighted by Crippen LogP contribution is -2.53. The summed E-state index contributed by atoms with van der Waals surface area (Å²) in [7, 11) is 0. The van der Waals surface area contributed by atoms with Gasteiger partial charge in [-0.15, -0.1) is 11.3 Å². The Morgan fingerprint density at radius 3 is 2.35 bits per heavy atom. The first kappa shape index (κ1) is 16.4. The first-order chi connectivity index (χ1) is 11.1. The van der Waals surface area contributed by atoms with Crippen LogP contribution in [0.5, 0.6) is 0 Å². The van der Waals surface area contributed by atoms with Crippen molar-refractivity contribution in [1.29, 1.82) is 0 Å². The van der Waals surface area contributed by atoms with Crippen LogP contribution in [0.25, 0.3) is 0 Å². The zero-order valence-electron chi connectivity index (χ0n) is 13.3. The summed E-state index contributed by atoms with van der Waals surface area (Å²) in [5.41, 5.74) is 5.90. The Bertz CT molecular complexity index is 532. The van der Waals surface area contributed by atoms with Crippen molar-refractivity contribution in [2.24, 2.45) is 5.73 Å². The molecule has 0 unspecified atom stereocenters. The van der Waals surface area contributed by atoms with E-state index < -0.39 is 0 Å². The third kappa shape index (κ3) is 4.10. The largest absolute Gasteiger partial charge is 0.338 e. The zero-order valence-corrected chi connectivity index (χ0v) is 14.1. The normalized spacial score (nSPS) is 20.7. The number of rotatable bonds is 3. The lowest BCUT2D eigenvalue weighted by molar-refractivity contribution is -0.134. The van der Waals surface area contributed by atoms with E-state index >= 15 is 0 Å². The molecule has 0 atom stereocenters. The maximum Gasteiger partial charge on any atom is 0.264 e. The number of likely N-dealkylation sites (tertiary alicyclic amines) is 1. The first-order valence-corrected chi connectivity index (χ1v) is 9.10. The van der Waals surface area contributed by atoms with Crippen molar-refractivity contribution in [3.05, 3.63) is 22.4 Å². The van der Waals surface area contributed by atoms with Gasteiger partial charge in [0.2, 0.25) is 5.91 Å². The molecule has 3 rings (SSSR count). The molecule has 23 heavy (non-hydrogen) atoms. The minimum Gasteiger partial charge on any atom is -0.338 e. The van der Waals surface area contributed by atoms with Gasteiger partial charge in [0.05, 0.1) is 11.4 Å². The van der Waals surface area contributed by atoms with E-state index in [9.17, 15) is 9.59 Å². The van der Waals surface area contributed by atoms with Gasteiger partial charge in [0.25, 0.3) is 5.91 Å². The summed E-state index contributed by atoms with van der Waals surface area (Å²) < 4.78 is 0. The van der Waals surface area contributed by atoms with E-state index in [0.717, 1.165) is 30.8 Å². The van der Waals surface area contributed by atoms with Crippen molar-refractivity contribution in [3.8, 4) is 0 Å². The topological polar surface area (TPSA) is 69.9 Å². The van der Waals surface area contributed by atoms with Crippen molar-refractivity contribution in [2.45, 2.75) is 18.9 Å². The average Bonchev–Trinajstić information content (AvgIpc) is 3.11. The summed E-state index contributed by atoms with van der Waals surface area (Å²) in [6.45, 7) is 4.78. The van der Waals surface area contributed by atoms with Gasteiger partial charge in [0, 0.05) is 45.3 Å². The van der Waals surface area contributed by atoms with Crippen LogP contribution in [0.2, 0.25) is 0 Å². The number of amides is 2. The minimum atomic E-state index is 0.0807. The molecular weight excluding hydrogens is 312 g/mol. The van der Waals surface area contributed by atoms with E-state index in [-0.39, 0.29) is 17.9 Å². The number of carbonyl (C=O) groups is 2. The van der Waals surface area contributed by atoms with Crippen molar-refractivity contribution in [2.75, 3.05) is 45.8 Å². The van der Waals surface area contributed by atoms with Crippen LogP contribution in [0.1, 0.15) is 22.5 Å². The number of hydrogen-bond donors (Lipinski definition) is 1. The first-order valence-electron chi connectivity index (χ1n) is 8.22. The third-order valence-electron chi connectivity index (χ3n) is 4.64. The van der Waals surface area contributed by atoms with Crippen LogP contribution < -0.4 is 5.73 Å². The van der Waals surface area contributed by atoms with Gasteiger partial charge in [-0.25, -0.2) is 0 Å². The van der Waals surface area contributed by atoms with Gasteiger partial charge in [0.15, 0.2) is 0 Å². The highest BCUT2D eigenvalue weighted by Gasteiger charge is 2.27. The van der Waals surface area contributed by atoms with Gasteiger partial charge in [-0.1, -0.05) is 6.07 Å². The van der Waals surface area contributed by atoms with Crippen molar-refractivity contribution < 1.29 is 9.59 Å². The van der Waals surface area contributed by atoms with E-state index in [1.54, 1.807) is 0 Å². The highest BCUT2D eigenvalue weighted by molar-refractivity contribution is 7.12. The summed E-state index contributed by atoms with van der Waals surface area (Å²) in [6, 6.07) is 4.03. The second-order valence-electron chi connectivity index (χ2n) is 6.26. The molecule has 2 fully saturated rings. The standard InChI is InChI=1S/C16H24N4O2S/c17-13-3-5-18(6-4-13)12-15(21)19-7-9-20(10-8-19)16(22)14-2-1-11-23-14/h1-2,11,13H,3-10,12,17H2. The fourth-order valence-corrected chi connectivity index (χ4v) is 3.81. The van der Waals surface area contributed by atoms with Gasteiger partial charge in [-0.2, -0.15) is 0 Å². The predicted molar refractivity (Wildman–Crippen MR) is 90.5 cm³/mol. The molecule has 1 aromatic heterocycles. The van der Waals surface area contributed by atoms with Crippen LogP contribution in [0.15, 0.2) is 17.5 Å². The van der Waals surface area contributed by atoms with Crippen LogP contribution in [-0.2, 0) is 4.79 Å². The molecule has 0 aromatic carbocycles. The maximum atomic E-state index is 12.4. The molecule has 0 aliphatic carbocycles. The number of piperidine rings is 1. The Kier molecular flexibility index (Phi) is 5.30. The molecule has 7 heteroatoms. The van der Waals surface area contributed by atoms with Gasteiger partial charge in [-0.05, 0) is 24.3 Å². The number of thiophene rings is 1. The molecule has 3 heterocycles. The van der Waals surface area contributed by atoms with E-state index in [1.165, 1.54) is 11.3 Å². The number of hydrogen-bond acceptors (Lipinski definition) is 5. The Balaban J connectivity index is 1.45. The Morgan fingerprint density at radius 1 is 1.09 bits per heavy atom. The second kappa shape index (κ2) is 7.42. The van der Waals surface area contributed by atoms with Crippen molar-refractivity contribution in [3.63, 3.8) is 0 Å². The molecule has 2 aliphatic rings. The second-order valence-corrected chi connectivity index (χ2v) is 7.21. The van der Waals surface area contributed by atoms with Gasteiger partial charge < -0.3 is 15.5 Å². The molecular formula is C16H24N4O2S. The third-order valence-corrected chi connectivity index (χ3v) is 5.50. The number of nitrogens with zero attached hydrogens (tertiary/aromatic N) is 3. The van der Waals surface area contributed by atoms with Crippen LogP contribution >= 0.6 is 11.3 Å². The molecule has 126 valence electrons. The molecule has 2 aliphatic heterocycles. The smallest absolute Gasteiger partial charge is 0.264 e. The Hall–Kier alpha value is -1.44. The summed E-state index contributed by atoms with van der Waals surface area (Å²) in [5.74, 6) is 0.251. The quantitative estimate of drug-likeness (QED) is 0.870. The van der Waals surface area contributed by atoms with Crippen molar-refractivity contribution >= 4 is 23.2 Å². The van der Waals surface area contributed by atoms with Crippen molar-refractivity contribution in [1.82, 2.24) is 14.7 Å². The van der Waals surface area contributed by atoms with Crippen LogP contribution in [0.4, 0.5) is 0 Å². The monoisotopic (exact) mass is 336 g/mol. The summed E-state index contributed by atoms with van der Waals surface area (Å²) in [6.07, 6.45) is 1.94. The molecule has 2 N–H and O–H groups in total. The summed E-state index contributed by atoms with van der Waals surface area (Å²) in [5, 5.41) is 1.91. The molecule has 6 nitrogen and oxygen atoms in total. The predicted octanol–water partition coefficient (Wildman–Crippen LogP) is 0.456. The fourth-order valence-electron chi connectivity index (χ4n) is 3.12. The van der Waals surface area contributed by atoms with Crippen LogP contribution in [0.3, 0.4) is 0 Å². The van der Waals surface area contributed by atoms with Crippen LogP contribution in [0, 0.1) is 0 Å². The Labute approximate surface area is 140 Å². The van der Waals surface area contributed by atoms with E-state index in [4.69, 9.17) is 5.73 Å². The SMILES string of the molecule is NC1CCN(CC(=O)N2CCN(C(=O)c3cccs3)CC2)CC1. The lowest BCUT2D eigenvalue weighted by atomic mass is 10.1. The number of piperazine rings is 1. The molecule has 0 bridgehead atoms. The molecule has 0 saturated carbocycles. The molecule has 2 saturated heterocycles. The average molecular weight is 336 g/mol. The van der Waals surface area contributed by atoms with Gasteiger partial charge in [-0.3, -0.25) is 14.5 Å². The van der Waals surface area contributed by atoms with Gasteiger partial charge in [0.1, 0.15) is 0 Å². The lowest BCUT2D eigenvalue weighted by Gasteiger charge is -2.36. The minimum absolute atomic E-state index is 0.0807. The zero-order chi connectivity index (χ0) is 16.2. The Morgan fingerprint density at radius 2 is 1.74 bits per heavy atom. The summed E-state index contributed by atoms with van der Waals surface area (Å²) >= 11 is 1.47. The summed E-state index contributed by atoms with van der Waals surface area (Å²) in [4.78, 5) is 31.4. The van der Waals surface area contributed by atoms with Gasteiger partial charge >= 0.3 is 0 Å². The molecule has 1 aromatic rings. The maximum absolute atomic E-state index is 12.4. The molecule has 2 amide bonds. The highest BCUT2D eigenvalue weighted by atomic mass is 32.1. The van der Waals surface area contributed by atoms with Crippen LogP contribution in [-0.4, -0.2) is 78.4 Å². The molecule has 0 radical (unpaired) electrons. The van der Waals surface area contributed by atoms with E-state index in [1.807, 2.05) is 27.3 Å². The molecule has 0 spiro atoms. The number of carbonyl (C=O) groups excluding carboxylic acids is 2. The highest BCUT2D eigenvalue weighted by Crippen LogP contribution is 2.14. The number of nitrogens with two attached hydrogens (primary N) is 1. The van der Waals surface area contributed by atoms with E-state index in [0.29, 0.717) is 32.7 Å². The van der Waals surface area contributed by atoms with E-state index in [2.05, 4.69) is 4.90 Å². The fraction of sp³-hybridized carbons (Fsp3) is 0.625.